The molecular weight excluding hydrogens is 283 g/mol. The molecule has 0 aliphatic heterocycles. The molecule has 0 aromatic heterocycles. The van der Waals surface area contributed by atoms with Crippen LogP contribution in [0, 0.1) is 5.82 Å². The highest BCUT2D eigenvalue weighted by molar-refractivity contribution is 5.94. The minimum atomic E-state index is -2.91. The molecule has 1 amide bonds. The lowest BCUT2D eigenvalue weighted by atomic mass is 10.2. The molecule has 2 rings (SSSR count). The Kier molecular flexibility index (Phi) is 4.81. The summed E-state index contributed by atoms with van der Waals surface area (Å²) < 4.78 is 41.5. The van der Waals surface area contributed by atoms with E-state index in [1.165, 1.54) is 30.3 Å². The summed E-state index contributed by atoms with van der Waals surface area (Å²) in [4.78, 5) is 11.8. The second-order valence-corrected chi connectivity index (χ2v) is 4.18. The molecule has 6 heteroatoms. The lowest BCUT2D eigenvalue weighted by Crippen LogP contribution is -2.23. The topological polar surface area (TPSA) is 38.3 Å². The number of carbonyl (C=O) groups excluding carboxylic acids is 1. The van der Waals surface area contributed by atoms with E-state index in [4.69, 9.17) is 0 Å². The Morgan fingerprint density at radius 3 is 2.38 bits per heavy atom. The van der Waals surface area contributed by atoms with E-state index in [0.717, 1.165) is 0 Å². The summed E-state index contributed by atoms with van der Waals surface area (Å²) in [5.74, 6) is -0.865. The van der Waals surface area contributed by atoms with E-state index in [-0.39, 0.29) is 17.9 Å². The standard InChI is InChI=1S/C15H12F3NO2/c16-13-4-2-1-3-11(13)9-19-14(20)10-5-7-12(8-6-10)21-15(17)18/h1-8,15H,9H2,(H,19,20). The Morgan fingerprint density at radius 1 is 1.10 bits per heavy atom. The highest BCUT2D eigenvalue weighted by atomic mass is 19.3. The summed E-state index contributed by atoms with van der Waals surface area (Å²) in [7, 11) is 0. The van der Waals surface area contributed by atoms with Crippen molar-refractivity contribution in [3.63, 3.8) is 0 Å². The smallest absolute Gasteiger partial charge is 0.387 e. The van der Waals surface area contributed by atoms with Crippen LogP contribution in [0.5, 0.6) is 5.75 Å². The van der Waals surface area contributed by atoms with Gasteiger partial charge in [-0.15, -0.1) is 0 Å². The lowest BCUT2D eigenvalue weighted by Gasteiger charge is -2.07. The zero-order chi connectivity index (χ0) is 15.2. The first-order chi connectivity index (χ1) is 10.1. The van der Waals surface area contributed by atoms with E-state index in [1.807, 2.05) is 0 Å². The third-order valence-electron chi connectivity index (χ3n) is 2.74. The number of benzene rings is 2. The van der Waals surface area contributed by atoms with E-state index in [2.05, 4.69) is 10.1 Å². The molecule has 0 aliphatic rings. The van der Waals surface area contributed by atoms with Gasteiger partial charge in [-0.3, -0.25) is 4.79 Å². The van der Waals surface area contributed by atoms with Crippen LogP contribution >= 0.6 is 0 Å². The van der Waals surface area contributed by atoms with Crippen LogP contribution in [0.4, 0.5) is 13.2 Å². The Hall–Kier alpha value is -2.50. The molecule has 0 heterocycles. The molecule has 0 spiro atoms. The van der Waals surface area contributed by atoms with Gasteiger partial charge in [0.2, 0.25) is 0 Å². The predicted octanol–water partition coefficient (Wildman–Crippen LogP) is 3.36. The Balaban J connectivity index is 1.96. The van der Waals surface area contributed by atoms with Crippen molar-refractivity contribution >= 4 is 5.91 Å². The maximum Gasteiger partial charge on any atom is 0.387 e. The van der Waals surface area contributed by atoms with Crippen molar-refractivity contribution in [1.82, 2.24) is 5.32 Å². The molecule has 0 saturated heterocycles. The molecule has 1 N–H and O–H groups in total. The normalized spacial score (nSPS) is 10.5. The number of alkyl halides is 2. The molecule has 110 valence electrons. The zero-order valence-corrected chi connectivity index (χ0v) is 10.9. The van der Waals surface area contributed by atoms with Crippen molar-refractivity contribution in [3.05, 3.63) is 65.5 Å². The summed E-state index contributed by atoms with van der Waals surface area (Å²) in [6, 6.07) is 11.3. The highest BCUT2D eigenvalue weighted by Crippen LogP contribution is 2.15. The fourth-order valence-corrected chi connectivity index (χ4v) is 1.71. The van der Waals surface area contributed by atoms with Gasteiger partial charge in [0.05, 0.1) is 0 Å². The monoisotopic (exact) mass is 295 g/mol. The molecule has 3 nitrogen and oxygen atoms in total. The molecule has 0 atom stereocenters. The van der Waals surface area contributed by atoms with E-state index >= 15 is 0 Å². The summed E-state index contributed by atoms with van der Waals surface area (Å²) in [6.45, 7) is -2.87. The van der Waals surface area contributed by atoms with Gasteiger partial charge in [0.25, 0.3) is 5.91 Å². The van der Waals surface area contributed by atoms with Crippen LogP contribution in [0.15, 0.2) is 48.5 Å². The quantitative estimate of drug-likeness (QED) is 0.918. The second-order valence-electron chi connectivity index (χ2n) is 4.18. The van der Waals surface area contributed by atoms with Gasteiger partial charge in [0, 0.05) is 17.7 Å². The fourth-order valence-electron chi connectivity index (χ4n) is 1.71. The van der Waals surface area contributed by atoms with Crippen molar-refractivity contribution in [3.8, 4) is 5.75 Å². The van der Waals surface area contributed by atoms with E-state index in [9.17, 15) is 18.0 Å². The molecule has 0 saturated carbocycles. The number of nitrogens with one attached hydrogen (secondary N) is 1. The van der Waals surface area contributed by atoms with E-state index in [1.54, 1.807) is 18.2 Å². The second kappa shape index (κ2) is 6.78. The maximum absolute atomic E-state index is 13.4. The predicted molar refractivity (Wildman–Crippen MR) is 70.6 cm³/mol. The van der Waals surface area contributed by atoms with Gasteiger partial charge in [-0.05, 0) is 30.3 Å². The SMILES string of the molecule is O=C(NCc1ccccc1F)c1ccc(OC(F)F)cc1. The van der Waals surface area contributed by atoms with Gasteiger partial charge in [-0.25, -0.2) is 4.39 Å². The minimum Gasteiger partial charge on any atom is -0.435 e. The number of ether oxygens (including phenoxy) is 1. The van der Waals surface area contributed by atoms with Crippen molar-refractivity contribution in [2.24, 2.45) is 0 Å². The highest BCUT2D eigenvalue weighted by Gasteiger charge is 2.09. The van der Waals surface area contributed by atoms with Gasteiger partial charge in [0.15, 0.2) is 0 Å². The molecule has 0 fully saturated rings. The average molecular weight is 295 g/mol. The van der Waals surface area contributed by atoms with Crippen LogP contribution in [0.1, 0.15) is 15.9 Å². The van der Waals surface area contributed by atoms with Crippen LogP contribution in [0.2, 0.25) is 0 Å². The van der Waals surface area contributed by atoms with E-state index in [0.29, 0.717) is 5.56 Å². The first-order valence-corrected chi connectivity index (χ1v) is 6.13. The summed E-state index contributed by atoms with van der Waals surface area (Å²) in [6.07, 6.45) is 0. The number of amides is 1. The van der Waals surface area contributed by atoms with Gasteiger partial charge >= 0.3 is 6.61 Å². The molecule has 2 aromatic rings. The van der Waals surface area contributed by atoms with E-state index < -0.39 is 18.3 Å². The van der Waals surface area contributed by atoms with Crippen molar-refractivity contribution < 1.29 is 22.7 Å². The van der Waals surface area contributed by atoms with Gasteiger partial charge < -0.3 is 10.1 Å². The molecule has 0 radical (unpaired) electrons. The fraction of sp³-hybridized carbons (Fsp3) is 0.133. The number of halogens is 3. The Bertz CT molecular complexity index is 615. The van der Waals surface area contributed by atoms with Crippen LogP contribution in [-0.4, -0.2) is 12.5 Å². The van der Waals surface area contributed by atoms with Crippen molar-refractivity contribution in [2.75, 3.05) is 0 Å². The summed E-state index contributed by atoms with van der Waals surface area (Å²) in [5, 5.41) is 2.55. The van der Waals surface area contributed by atoms with Crippen LogP contribution in [-0.2, 0) is 6.54 Å². The third-order valence-corrected chi connectivity index (χ3v) is 2.74. The van der Waals surface area contributed by atoms with Crippen molar-refractivity contribution in [2.45, 2.75) is 13.2 Å². The van der Waals surface area contributed by atoms with Crippen LogP contribution in [0.25, 0.3) is 0 Å². The molecule has 0 aliphatic carbocycles. The lowest BCUT2D eigenvalue weighted by molar-refractivity contribution is -0.0498. The Morgan fingerprint density at radius 2 is 1.76 bits per heavy atom. The molecular formula is C15H12F3NO2. The van der Waals surface area contributed by atoms with Gasteiger partial charge in [-0.2, -0.15) is 8.78 Å². The van der Waals surface area contributed by atoms with Gasteiger partial charge in [0.1, 0.15) is 11.6 Å². The summed E-state index contributed by atoms with van der Waals surface area (Å²) in [5.41, 5.74) is 0.636. The minimum absolute atomic E-state index is 0.0318. The molecule has 0 unspecified atom stereocenters. The Labute approximate surface area is 119 Å². The number of hydrogen-bond donors (Lipinski definition) is 1. The number of carbonyl (C=O) groups is 1. The molecule has 0 bridgehead atoms. The van der Waals surface area contributed by atoms with Crippen LogP contribution in [0.3, 0.4) is 0 Å². The largest absolute Gasteiger partial charge is 0.435 e. The molecule has 2 aromatic carbocycles. The van der Waals surface area contributed by atoms with Crippen LogP contribution < -0.4 is 10.1 Å². The number of rotatable bonds is 5. The first-order valence-electron chi connectivity index (χ1n) is 6.13. The first kappa shape index (κ1) is 14.9. The third kappa shape index (κ3) is 4.24. The van der Waals surface area contributed by atoms with Crippen molar-refractivity contribution in [1.29, 1.82) is 0 Å². The summed E-state index contributed by atoms with van der Waals surface area (Å²) >= 11 is 0. The average Bonchev–Trinajstić information content (AvgIpc) is 2.46. The molecule has 21 heavy (non-hydrogen) atoms. The maximum atomic E-state index is 13.4. The zero-order valence-electron chi connectivity index (χ0n) is 10.9. The number of hydrogen-bond acceptors (Lipinski definition) is 2. The van der Waals surface area contributed by atoms with Gasteiger partial charge in [-0.1, -0.05) is 18.2 Å².